The van der Waals surface area contributed by atoms with Crippen molar-refractivity contribution in [2.24, 2.45) is 0 Å². The highest BCUT2D eigenvalue weighted by Gasteiger charge is 2.39. The summed E-state index contributed by atoms with van der Waals surface area (Å²) in [6, 6.07) is 13.7. The number of halogens is 1. The first kappa shape index (κ1) is 27.1. The Labute approximate surface area is 244 Å². The van der Waals surface area contributed by atoms with Gasteiger partial charge in [-0.25, -0.2) is 4.98 Å². The van der Waals surface area contributed by atoms with Crippen LogP contribution in [0.5, 0.6) is 0 Å². The van der Waals surface area contributed by atoms with Crippen molar-refractivity contribution in [1.82, 2.24) is 29.5 Å². The fraction of sp³-hybridized carbons (Fsp3) is 0.323. The first-order chi connectivity index (χ1) is 19.5. The summed E-state index contributed by atoms with van der Waals surface area (Å²) in [7, 11) is 0. The van der Waals surface area contributed by atoms with Crippen LogP contribution in [0.2, 0.25) is 0 Å². The van der Waals surface area contributed by atoms with Crippen LogP contribution in [0.4, 0.5) is 0 Å². The van der Waals surface area contributed by atoms with Gasteiger partial charge in [0.05, 0.1) is 5.69 Å². The molecule has 1 atom stereocenters. The molecule has 9 nitrogen and oxygen atoms in total. The molecule has 41 heavy (non-hydrogen) atoms. The summed E-state index contributed by atoms with van der Waals surface area (Å²) in [5.74, 6) is -0.324. The number of nitrogens with zero attached hydrogens (tertiary/aromatic N) is 5. The zero-order valence-electron chi connectivity index (χ0n) is 22.5. The highest BCUT2D eigenvalue weighted by molar-refractivity contribution is 6.05. The maximum absolute atomic E-state index is 13.0. The first-order valence-corrected chi connectivity index (χ1v) is 13.9. The molecule has 3 aromatic heterocycles. The number of nitrogens with one attached hydrogen (secondary N) is 1. The normalized spacial score (nSPS) is 19.8. The molecule has 0 spiro atoms. The van der Waals surface area contributed by atoms with E-state index < -0.39 is 6.04 Å². The molecule has 1 aromatic carbocycles. The number of rotatable bonds is 5. The van der Waals surface area contributed by atoms with Gasteiger partial charge in [0, 0.05) is 55.4 Å². The van der Waals surface area contributed by atoms with E-state index in [4.69, 9.17) is 4.98 Å². The summed E-state index contributed by atoms with van der Waals surface area (Å²) in [4.78, 5) is 50.1. The van der Waals surface area contributed by atoms with Crippen LogP contribution in [0, 0.1) is 0 Å². The number of carbonyl (C=O) groups excluding carboxylic acids is 3. The summed E-state index contributed by atoms with van der Waals surface area (Å²) in [6.07, 6.45) is 10.6. The molecule has 0 radical (unpaired) electrons. The zero-order valence-corrected chi connectivity index (χ0v) is 23.3. The van der Waals surface area contributed by atoms with E-state index in [1.165, 1.54) is 5.56 Å². The van der Waals surface area contributed by atoms with Crippen LogP contribution >= 0.6 is 12.4 Å². The predicted octanol–water partition coefficient (Wildman–Crippen LogP) is 3.96. The van der Waals surface area contributed by atoms with Gasteiger partial charge < -0.3 is 9.30 Å². The Morgan fingerprint density at radius 2 is 1.80 bits per heavy atom. The SMILES string of the molecule is Cl.O=C1CCC(N2Cc3cc(C4CCN(Cc5cn6cc(-c7cccnc7)ccc6n5)CC4)ccc3C2=O)C(=O)N1. The minimum Gasteiger partial charge on any atom is -0.322 e. The lowest BCUT2D eigenvalue weighted by atomic mass is 9.88. The van der Waals surface area contributed by atoms with Crippen LogP contribution in [0.3, 0.4) is 0 Å². The van der Waals surface area contributed by atoms with E-state index in [-0.39, 0.29) is 36.5 Å². The smallest absolute Gasteiger partial charge is 0.255 e. The van der Waals surface area contributed by atoms with Crippen LogP contribution in [-0.4, -0.2) is 61.0 Å². The fourth-order valence-corrected chi connectivity index (χ4v) is 6.33. The number of aromatic nitrogens is 3. The third-order valence-electron chi connectivity index (χ3n) is 8.49. The largest absolute Gasteiger partial charge is 0.322 e. The molecule has 2 fully saturated rings. The van der Waals surface area contributed by atoms with E-state index in [0.29, 0.717) is 24.4 Å². The molecular formula is C31H31ClN6O3. The Kier molecular flexibility index (Phi) is 7.32. The average molecular weight is 571 g/mol. The van der Waals surface area contributed by atoms with Crippen molar-refractivity contribution >= 4 is 35.8 Å². The average Bonchev–Trinajstić information content (AvgIpc) is 3.53. The second-order valence-electron chi connectivity index (χ2n) is 11.0. The maximum atomic E-state index is 13.0. The van der Waals surface area contributed by atoms with Crippen LogP contribution < -0.4 is 5.32 Å². The van der Waals surface area contributed by atoms with E-state index in [1.54, 1.807) is 11.1 Å². The quantitative estimate of drug-likeness (QED) is 0.365. The summed E-state index contributed by atoms with van der Waals surface area (Å²) in [6.45, 7) is 3.20. The molecular weight excluding hydrogens is 540 g/mol. The molecule has 210 valence electrons. The van der Waals surface area contributed by atoms with Crippen molar-refractivity contribution in [2.75, 3.05) is 13.1 Å². The predicted molar refractivity (Wildman–Crippen MR) is 155 cm³/mol. The lowest BCUT2D eigenvalue weighted by Gasteiger charge is -2.31. The van der Waals surface area contributed by atoms with Crippen LogP contribution in [0.1, 0.15) is 58.8 Å². The molecule has 4 aromatic rings. The molecule has 7 rings (SSSR count). The Bertz CT molecular complexity index is 1630. The topological polar surface area (TPSA) is 99.9 Å². The number of amides is 3. The Hall–Kier alpha value is -4.08. The van der Waals surface area contributed by atoms with Gasteiger partial charge in [0.25, 0.3) is 5.91 Å². The van der Waals surface area contributed by atoms with E-state index in [0.717, 1.165) is 60.5 Å². The van der Waals surface area contributed by atoms with Crippen LogP contribution in [0.25, 0.3) is 16.8 Å². The highest BCUT2D eigenvalue weighted by Crippen LogP contribution is 2.34. The molecule has 2 saturated heterocycles. The number of carbonyl (C=O) groups is 3. The molecule has 6 heterocycles. The van der Waals surface area contributed by atoms with Crippen molar-refractivity contribution in [1.29, 1.82) is 0 Å². The van der Waals surface area contributed by atoms with E-state index in [2.05, 4.69) is 62.3 Å². The number of imide groups is 1. The standard InChI is InChI=1S/C31H30N6O3.ClH/c38-29-8-6-27(30(39)34-29)37-17-24-14-21(3-5-26(24)31(37)40)20-9-12-35(13-10-20)18-25-19-36-16-23(4-7-28(36)33-25)22-2-1-11-32-15-22;/h1-5,7,11,14-16,19-20,27H,6,8-10,12-13,17-18H2,(H,34,38,39);1H. The van der Waals surface area contributed by atoms with Crippen molar-refractivity contribution < 1.29 is 14.4 Å². The number of imidazole rings is 1. The number of likely N-dealkylation sites (tertiary alicyclic amines) is 1. The second kappa shape index (κ2) is 11.1. The molecule has 3 amide bonds. The summed E-state index contributed by atoms with van der Waals surface area (Å²) < 4.78 is 2.09. The molecule has 3 aliphatic rings. The number of fused-ring (bicyclic) bond motifs is 2. The van der Waals surface area contributed by atoms with Gasteiger partial charge in [0.2, 0.25) is 11.8 Å². The second-order valence-corrected chi connectivity index (χ2v) is 11.0. The monoisotopic (exact) mass is 570 g/mol. The third kappa shape index (κ3) is 5.23. The molecule has 1 N–H and O–H groups in total. The molecule has 0 saturated carbocycles. The van der Waals surface area contributed by atoms with Crippen molar-refractivity contribution in [2.45, 2.75) is 50.7 Å². The van der Waals surface area contributed by atoms with E-state index >= 15 is 0 Å². The Balaban J connectivity index is 0.00000302. The molecule has 3 aliphatic heterocycles. The van der Waals surface area contributed by atoms with Crippen molar-refractivity contribution in [3.8, 4) is 11.1 Å². The number of hydrogen-bond acceptors (Lipinski definition) is 6. The van der Waals surface area contributed by atoms with Gasteiger partial charge in [-0.1, -0.05) is 18.2 Å². The van der Waals surface area contributed by atoms with Gasteiger partial charge in [-0.15, -0.1) is 12.4 Å². The number of piperidine rings is 2. The van der Waals surface area contributed by atoms with E-state index in [9.17, 15) is 14.4 Å². The van der Waals surface area contributed by atoms with Gasteiger partial charge in [-0.2, -0.15) is 0 Å². The van der Waals surface area contributed by atoms with Crippen LogP contribution in [-0.2, 0) is 22.7 Å². The minimum atomic E-state index is -0.578. The van der Waals surface area contributed by atoms with Gasteiger partial charge >= 0.3 is 0 Å². The third-order valence-corrected chi connectivity index (χ3v) is 8.49. The van der Waals surface area contributed by atoms with Gasteiger partial charge in [-0.3, -0.25) is 29.6 Å². The summed E-state index contributed by atoms with van der Waals surface area (Å²) >= 11 is 0. The lowest BCUT2D eigenvalue weighted by Crippen LogP contribution is -2.52. The Morgan fingerprint density at radius 3 is 2.59 bits per heavy atom. The number of pyridine rings is 2. The number of hydrogen-bond donors (Lipinski definition) is 1. The van der Waals surface area contributed by atoms with Crippen molar-refractivity contribution in [3.05, 3.63) is 89.6 Å². The van der Waals surface area contributed by atoms with Crippen LogP contribution in [0.15, 0.2) is 67.3 Å². The fourth-order valence-electron chi connectivity index (χ4n) is 6.33. The van der Waals surface area contributed by atoms with Gasteiger partial charge in [0.1, 0.15) is 11.7 Å². The lowest BCUT2D eigenvalue weighted by molar-refractivity contribution is -0.136. The minimum absolute atomic E-state index is 0. The zero-order chi connectivity index (χ0) is 27.2. The van der Waals surface area contributed by atoms with Gasteiger partial charge in [-0.05, 0) is 79.2 Å². The Morgan fingerprint density at radius 1 is 0.951 bits per heavy atom. The molecule has 10 heteroatoms. The van der Waals surface area contributed by atoms with Gasteiger partial charge in [0.15, 0.2) is 0 Å². The summed E-state index contributed by atoms with van der Waals surface area (Å²) in [5.41, 5.74) is 7.10. The molecule has 0 aliphatic carbocycles. The van der Waals surface area contributed by atoms with Crippen molar-refractivity contribution in [3.63, 3.8) is 0 Å². The molecule has 0 bridgehead atoms. The summed E-state index contributed by atoms with van der Waals surface area (Å²) in [5, 5.41) is 2.37. The number of benzene rings is 1. The maximum Gasteiger partial charge on any atom is 0.255 e. The highest BCUT2D eigenvalue weighted by atomic mass is 35.5. The molecule has 1 unspecified atom stereocenters. The first-order valence-electron chi connectivity index (χ1n) is 13.9. The van der Waals surface area contributed by atoms with E-state index in [1.807, 2.05) is 18.3 Å².